The van der Waals surface area contributed by atoms with Crippen LogP contribution in [0.1, 0.15) is 37.1 Å². The van der Waals surface area contributed by atoms with E-state index >= 15 is 0 Å². The molecule has 0 aliphatic carbocycles. The van der Waals surface area contributed by atoms with Gasteiger partial charge in [-0.15, -0.1) is 0 Å². The Morgan fingerprint density at radius 2 is 1.95 bits per heavy atom. The molecule has 1 aromatic heterocycles. The summed E-state index contributed by atoms with van der Waals surface area (Å²) in [4.78, 5) is 14.8. The molecular weight excluding hydrogens is 332 g/mol. The van der Waals surface area contributed by atoms with Crippen LogP contribution < -0.4 is 5.32 Å². The summed E-state index contributed by atoms with van der Waals surface area (Å²) in [6.45, 7) is 4.23. The molecule has 6 heteroatoms. The largest absolute Gasteiger partial charge is 0.352 e. The number of aromatic nitrogens is 2. The molecule has 2 unspecified atom stereocenters. The fourth-order valence-corrected chi connectivity index (χ4v) is 4.05. The number of halogens is 1. The number of aryl methyl sites for hydroxylation is 1. The Morgan fingerprint density at radius 1 is 1.33 bits per heavy atom. The smallest absolute Gasteiger partial charge is 0.241 e. The molecule has 1 N–H and O–H groups in total. The van der Waals surface area contributed by atoms with Crippen LogP contribution in [-0.4, -0.2) is 45.8 Å². The minimum absolute atomic E-state index is 0.0713. The van der Waals surface area contributed by atoms with Gasteiger partial charge in [0.1, 0.15) is 6.54 Å². The summed E-state index contributed by atoms with van der Waals surface area (Å²) in [6.07, 6.45) is 4.72. The van der Waals surface area contributed by atoms with Crippen molar-refractivity contribution in [1.29, 1.82) is 0 Å². The van der Waals surface area contributed by atoms with Crippen LogP contribution in [-0.2, 0) is 11.3 Å². The second-order valence-electron chi connectivity index (χ2n) is 6.43. The number of hydrogen-bond donors (Lipinski definition) is 1. The molecule has 3 heterocycles. The van der Waals surface area contributed by atoms with Gasteiger partial charge < -0.3 is 10.2 Å². The summed E-state index contributed by atoms with van der Waals surface area (Å²) in [5, 5.41) is 7.60. The predicted octanol–water partition coefficient (Wildman–Crippen LogP) is 2.00. The normalized spacial score (nSPS) is 28.9. The van der Waals surface area contributed by atoms with E-state index in [2.05, 4.69) is 38.3 Å². The fraction of sp³-hybridized carbons (Fsp3) is 0.733. The molecule has 2 atom stereocenters. The fourth-order valence-electron chi connectivity index (χ4n) is 3.77. The summed E-state index contributed by atoms with van der Waals surface area (Å²) in [6, 6.07) is 1.63. The lowest BCUT2D eigenvalue weighted by atomic mass is 9.98. The molecule has 3 rings (SSSR count). The number of carbonyl (C=O) groups excluding carboxylic acids is 1. The molecule has 5 nitrogen and oxygen atoms in total. The molecule has 2 bridgehead atoms. The van der Waals surface area contributed by atoms with Crippen molar-refractivity contribution in [1.82, 2.24) is 20.0 Å². The van der Waals surface area contributed by atoms with Crippen LogP contribution in [0.15, 0.2) is 4.47 Å². The Hall–Kier alpha value is -0.880. The van der Waals surface area contributed by atoms with Crippen LogP contribution in [0.25, 0.3) is 0 Å². The Morgan fingerprint density at radius 3 is 2.48 bits per heavy atom. The lowest BCUT2D eigenvalue weighted by Gasteiger charge is -2.36. The lowest BCUT2D eigenvalue weighted by molar-refractivity contribution is -0.123. The number of fused-ring (bicyclic) bond motifs is 2. The number of carbonyl (C=O) groups is 1. The maximum atomic E-state index is 12.3. The third kappa shape index (κ3) is 2.88. The average Bonchev–Trinajstić information content (AvgIpc) is 2.79. The zero-order chi connectivity index (χ0) is 15.1. The van der Waals surface area contributed by atoms with Gasteiger partial charge in [0, 0.05) is 18.1 Å². The molecule has 2 aliphatic heterocycles. The van der Waals surface area contributed by atoms with Gasteiger partial charge in [0.15, 0.2) is 0 Å². The van der Waals surface area contributed by atoms with Crippen LogP contribution in [0.2, 0.25) is 0 Å². The quantitative estimate of drug-likeness (QED) is 0.903. The van der Waals surface area contributed by atoms with Gasteiger partial charge in [0.25, 0.3) is 0 Å². The molecule has 2 saturated heterocycles. The average molecular weight is 355 g/mol. The van der Waals surface area contributed by atoms with Gasteiger partial charge in [-0.1, -0.05) is 0 Å². The molecule has 0 spiro atoms. The van der Waals surface area contributed by atoms with Crippen LogP contribution in [0.4, 0.5) is 0 Å². The molecule has 0 radical (unpaired) electrons. The van der Waals surface area contributed by atoms with Gasteiger partial charge in [-0.05, 0) is 62.5 Å². The SMILES string of the molecule is Cc1nn(CC(=O)NC2CC3CCC(C2)N3C)c(C)c1Br. The van der Waals surface area contributed by atoms with Crippen molar-refractivity contribution in [2.24, 2.45) is 0 Å². The zero-order valence-electron chi connectivity index (χ0n) is 12.9. The van der Waals surface area contributed by atoms with Crippen molar-refractivity contribution >= 4 is 21.8 Å². The standard InChI is InChI=1S/C15H23BrN4O/c1-9-15(16)10(2)20(18-9)8-14(21)17-11-6-12-4-5-13(7-11)19(12)3/h11-13H,4-8H2,1-3H3,(H,17,21). The monoisotopic (exact) mass is 354 g/mol. The van der Waals surface area contributed by atoms with E-state index in [1.54, 1.807) is 4.68 Å². The van der Waals surface area contributed by atoms with Crippen molar-refractivity contribution in [3.63, 3.8) is 0 Å². The highest BCUT2D eigenvalue weighted by Crippen LogP contribution is 2.34. The van der Waals surface area contributed by atoms with E-state index in [9.17, 15) is 4.79 Å². The summed E-state index contributed by atoms with van der Waals surface area (Å²) in [5.41, 5.74) is 1.93. The van der Waals surface area contributed by atoms with Crippen molar-refractivity contribution in [2.75, 3.05) is 7.05 Å². The lowest BCUT2D eigenvalue weighted by Crippen LogP contribution is -2.49. The molecule has 1 aromatic rings. The summed E-state index contributed by atoms with van der Waals surface area (Å²) in [5.74, 6) is 0.0713. The number of nitrogens with zero attached hydrogens (tertiary/aromatic N) is 3. The van der Waals surface area contributed by atoms with E-state index in [1.165, 1.54) is 12.8 Å². The van der Waals surface area contributed by atoms with E-state index in [1.807, 2.05) is 13.8 Å². The Labute approximate surface area is 134 Å². The maximum absolute atomic E-state index is 12.3. The summed E-state index contributed by atoms with van der Waals surface area (Å²) in [7, 11) is 2.22. The van der Waals surface area contributed by atoms with Crippen LogP contribution in [0.3, 0.4) is 0 Å². The van der Waals surface area contributed by atoms with Crippen molar-refractivity contribution in [2.45, 2.75) is 64.2 Å². The van der Waals surface area contributed by atoms with Gasteiger partial charge in [0.2, 0.25) is 5.91 Å². The van der Waals surface area contributed by atoms with Crippen molar-refractivity contribution in [3.8, 4) is 0 Å². The van der Waals surface area contributed by atoms with Gasteiger partial charge in [-0.2, -0.15) is 5.10 Å². The van der Waals surface area contributed by atoms with Crippen molar-refractivity contribution in [3.05, 3.63) is 15.9 Å². The first-order chi connectivity index (χ1) is 9.95. The molecular formula is C15H23BrN4O. The zero-order valence-corrected chi connectivity index (χ0v) is 14.5. The maximum Gasteiger partial charge on any atom is 0.241 e. The first kappa shape index (κ1) is 15.0. The van der Waals surface area contributed by atoms with Crippen molar-refractivity contribution < 1.29 is 4.79 Å². The third-order valence-corrected chi connectivity index (χ3v) is 6.20. The van der Waals surface area contributed by atoms with Gasteiger partial charge in [-0.3, -0.25) is 9.48 Å². The Kier molecular flexibility index (Phi) is 4.10. The van der Waals surface area contributed by atoms with Gasteiger partial charge in [0.05, 0.1) is 15.9 Å². The van der Waals surface area contributed by atoms with E-state index in [4.69, 9.17) is 0 Å². The molecule has 2 aliphatic rings. The van der Waals surface area contributed by atoms with Crippen LogP contribution in [0, 0.1) is 13.8 Å². The molecule has 1 amide bonds. The summed E-state index contributed by atoms with van der Waals surface area (Å²) >= 11 is 3.50. The van der Waals surface area contributed by atoms with E-state index < -0.39 is 0 Å². The summed E-state index contributed by atoms with van der Waals surface area (Å²) < 4.78 is 2.77. The topological polar surface area (TPSA) is 50.2 Å². The molecule has 2 fully saturated rings. The molecule has 0 aromatic carbocycles. The molecule has 116 valence electrons. The first-order valence-corrected chi connectivity index (χ1v) is 8.45. The minimum atomic E-state index is 0.0713. The Bertz CT molecular complexity index is 542. The second kappa shape index (κ2) is 5.72. The highest BCUT2D eigenvalue weighted by molar-refractivity contribution is 9.10. The highest BCUT2D eigenvalue weighted by atomic mass is 79.9. The number of piperidine rings is 1. The number of hydrogen-bond acceptors (Lipinski definition) is 3. The number of nitrogens with one attached hydrogen (secondary N) is 1. The molecule has 0 saturated carbocycles. The minimum Gasteiger partial charge on any atom is -0.352 e. The second-order valence-corrected chi connectivity index (χ2v) is 7.22. The van der Waals surface area contributed by atoms with E-state index in [0.29, 0.717) is 24.7 Å². The van der Waals surface area contributed by atoms with Crippen LogP contribution >= 0.6 is 15.9 Å². The molecule has 21 heavy (non-hydrogen) atoms. The third-order valence-electron chi connectivity index (χ3n) is 5.05. The van der Waals surface area contributed by atoms with Crippen LogP contribution in [0.5, 0.6) is 0 Å². The highest BCUT2D eigenvalue weighted by Gasteiger charge is 2.38. The predicted molar refractivity (Wildman–Crippen MR) is 85.1 cm³/mol. The van der Waals surface area contributed by atoms with E-state index in [-0.39, 0.29) is 5.91 Å². The number of rotatable bonds is 3. The first-order valence-electron chi connectivity index (χ1n) is 7.66. The Balaban J connectivity index is 1.59. The van der Waals surface area contributed by atoms with Gasteiger partial charge >= 0.3 is 0 Å². The van der Waals surface area contributed by atoms with E-state index in [0.717, 1.165) is 28.7 Å². The van der Waals surface area contributed by atoms with Gasteiger partial charge in [-0.25, -0.2) is 0 Å². The number of amides is 1.